The summed E-state index contributed by atoms with van der Waals surface area (Å²) in [5, 5.41) is 0. The quantitative estimate of drug-likeness (QED) is 0.706. The molecule has 0 bridgehead atoms. The Morgan fingerprint density at radius 1 is 1.29 bits per heavy atom. The Labute approximate surface area is 155 Å². The van der Waals surface area contributed by atoms with Gasteiger partial charge in [0, 0.05) is 18.5 Å². The molecule has 1 rings (SSSR count). The van der Waals surface area contributed by atoms with Gasteiger partial charge in [0.1, 0.15) is 0 Å². The van der Waals surface area contributed by atoms with Crippen LogP contribution in [0.2, 0.25) is 0 Å². The van der Waals surface area contributed by atoms with Gasteiger partial charge in [0.05, 0.1) is 20.3 Å². The Morgan fingerprint density at radius 3 is 2.29 bits per heavy atom. The summed E-state index contributed by atoms with van der Waals surface area (Å²) in [7, 11) is 5.00. The van der Waals surface area contributed by atoms with Crippen molar-refractivity contribution in [2.24, 2.45) is 11.7 Å². The smallest absolute Gasteiger partial charge is 0.239 e. The minimum Gasteiger partial charge on any atom is -0.493 e. The van der Waals surface area contributed by atoms with Gasteiger partial charge >= 0.3 is 0 Å². The number of amides is 1. The maximum atomic E-state index is 12.5. The second-order valence-corrected chi connectivity index (χ2v) is 6.47. The number of methoxy groups -OCH3 is 2. The second kappa shape index (κ2) is 10.7. The molecule has 0 spiro atoms. The Hall–Kier alpha value is -1.11. The van der Waals surface area contributed by atoms with Crippen LogP contribution in [0.25, 0.3) is 0 Å². The number of halogens is 1. The molecule has 0 heterocycles. The van der Waals surface area contributed by atoms with Gasteiger partial charge in [-0.2, -0.15) is 0 Å². The van der Waals surface area contributed by atoms with Crippen molar-refractivity contribution in [1.29, 1.82) is 0 Å². The predicted octanol–water partition coefficient (Wildman–Crippen LogP) is 3.18. The van der Waals surface area contributed by atoms with Crippen molar-refractivity contribution in [3.8, 4) is 11.5 Å². The lowest BCUT2D eigenvalue weighted by molar-refractivity contribution is -0.133. The highest BCUT2D eigenvalue weighted by atomic mass is 35.5. The van der Waals surface area contributed by atoms with Crippen LogP contribution in [0.4, 0.5) is 0 Å². The van der Waals surface area contributed by atoms with Crippen LogP contribution in [0.5, 0.6) is 11.5 Å². The van der Waals surface area contributed by atoms with Crippen LogP contribution in [0, 0.1) is 5.92 Å². The number of nitrogens with two attached hydrogens (primary N) is 1. The molecule has 0 saturated carbocycles. The summed E-state index contributed by atoms with van der Waals surface area (Å²) in [4.78, 5) is 15.2. The van der Waals surface area contributed by atoms with Crippen molar-refractivity contribution in [2.45, 2.75) is 37.8 Å². The topological polar surface area (TPSA) is 64.8 Å². The number of rotatable bonds is 8. The number of hydrogen-bond acceptors (Lipinski definition) is 5. The first-order valence-electron chi connectivity index (χ1n) is 7.68. The van der Waals surface area contributed by atoms with Crippen LogP contribution >= 0.6 is 24.2 Å². The minimum absolute atomic E-state index is 0. The lowest BCUT2D eigenvalue weighted by atomic mass is 9.99. The number of hydrogen-bond donors (Lipinski definition) is 1. The molecule has 0 aliphatic heterocycles. The fourth-order valence-corrected chi connectivity index (χ4v) is 2.91. The summed E-state index contributed by atoms with van der Waals surface area (Å²) in [5.74, 6) is 1.47. The molecule has 24 heavy (non-hydrogen) atoms. The van der Waals surface area contributed by atoms with E-state index in [-0.39, 0.29) is 24.2 Å². The molecule has 7 heteroatoms. The van der Waals surface area contributed by atoms with E-state index in [1.165, 1.54) is 0 Å². The van der Waals surface area contributed by atoms with Gasteiger partial charge in [-0.1, -0.05) is 20.3 Å². The van der Waals surface area contributed by atoms with Crippen LogP contribution in [0.1, 0.15) is 25.8 Å². The standard InChI is InChI=1S/C17H28N2O3S.ClH/c1-7-11(2)16(18)17(20)19(3)10-12-8-13(21-4)14(22-5)9-15(12)23-6;/h8-9,11,16H,7,10,18H2,1-6H3;1H. The largest absolute Gasteiger partial charge is 0.493 e. The summed E-state index contributed by atoms with van der Waals surface area (Å²) in [6, 6.07) is 3.39. The van der Waals surface area contributed by atoms with E-state index in [1.807, 2.05) is 32.2 Å². The van der Waals surface area contributed by atoms with E-state index in [0.29, 0.717) is 18.0 Å². The summed E-state index contributed by atoms with van der Waals surface area (Å²) < 4.78 is 10.7. The molecule has 0 aliphatic rings. The molecule has 0 radical (unpaired) electrons. The molecule has 5 nitrogen and oxygen atoms in total. The van der Waals surface area contributed by atoms with Gasteiger partial charge in [0.15, 0.2) is 11.5 Å². The van der Waals surface area contributed by atoms with E-state index in [4.69, 9.17) is 15.2 Å². The Bertz CT molecular complexity index is 543. The molecule has 2 N–H and O–H groups in total. The molecule has 0 aliphatic carbocycles. The van der Waals surface area contributed by atoms with Gasteiger partial charge in [-0.3, -0.25) is 4.79 Å². The minimum atomic E-state index is -0.470. The number of nitrogens with zero attached hydrogens (tertiary/aromatic N) is 1. The first-order valence-corrected chi connectivity index (χ1v) is 8.91. The zero-order chi connectivity index (χ0) is 17.6. The Morgan fingerprint density at radius 2 is 1.83 bits per heavy atom. The molecule has 1 aromatic rings. The van der Waals surface area contributed by atoms with Crippen LogP contribution in [-0.4, -0.2) is 44.4 Å². The summed E-state index contributed by atoms with van der Waals surface area (Å²) in [6.07, 6.45) is 2.88. The van der Waals surface area contributed by atoms with Gasteiger partial charge in [0.25, 0.3) is 0 Å². The Kier molecular flexibility index (Phi) is 10.2. The lowest BCUT2D eigenvalue weighted by Gasteiger charge is -2.25. The molecule has 0 saturated heterocycles. The molecule has 1 amide bonds. The molecular formula is C17H29ClN2O3S. The number of carbonyl (C=O) groups excluding carboxylic acids is 1. The fourth-order valence-electron chi connectivity index (χ4n) is 2.30. The van der Waals surface area contributed by atoms with Crippen molar-refractivity contribution in [3.63, 3.8) is 0 Å². The lowest BCUT2D eigenvalue weighted by Crippen LogP contribution is -2.45. The molecule has 1 aromatic carbocycles. The number of thioether (sulfide) groups is 1. The SMILES string of the molecule is CCC(C)C(N)C(=O)N(C)Cc1cc(OC)c(OC)cc1SC.Cl. The first-order chi connectivity index (χ1) is 10.9. The highest BCUT2D eigenvalue weighted by Gasteiger charge is 2.23. The monoisotopic (exact) mass is 376 g/mol. The molecule has 138 valence electrons. The number of benzene rings is 1. The third-order valence-electron chi connectivity index (χ3n) is 4.11. The zero-order valence-corrected chi connectivity index (χ0v) is 16.9. The fraction of sp³-hybridized carbons (Fsp3) is 0.588. The van der Waals surface area contributed by atoms with Crippen molar-refractivity contribution in [3.05, 3.63) is 17.7 Å². The number of ether oxygens (including phenoxy) is 2. The maximum Gasteiger partial charge on any atom is 0.239 e. The second-order valence-electron chi connectivity index (χ2n) is 5.62. The molecule has 0 aromatic heterocycles. The predicted molar refractivity (Wildman–Crippen MR) is 102 cm³/mol. The average Bonchev–Trinajstić information content (AvgIpc) is 2.58. The average molecular weight is 377 g/mol. The van der Waals surface area contributed by atoms with E-state index in [0.717, 1.165) is 16.9 Å². The third-order valence-corrected chi connectivity index (χ3v) is 4.93. The van der Waals surface area contributed by atoms with Crippen LogP contribution in [-0.2, 0) is 11.3 Å². The van der Waals surface area contributed by atoms with Crippen LogP contribution in [0.15, 0.2) is 17.0 Å². The van der Waals surface area contributed by atoms with E-state index >= 15 is 0 Å². The Balaban J connectivity index is 0.00000529. The normalized spacial score (nSPS) is 12.8. The summed E-state index contributed by atoms with van der Waals surface area (Å²) in [5.41, 5.74) is 7.07. The van der Waals surface area contributed by atoms with E-state index in [2.05, 4.69) is 0 Å². The number of likely N-dealkylation sites (N-methyl/N-ethyl adjacent to an activating group) is 1. The third kappa shape index (κ3) is 5.46. The van der Waals surface area contributed by atoms with E-state index in [1.54, 1.807) is 37.9 Å². The van der Waals surface area contributed by atoms with Gasteiger partial charge in [-0.25, -0.2) is 0 Å². The van der Waals surface area contributed by atoms with Crippen molar-refractivity contribution in [1.82, 2.24) is 4.90 Å². The summed E-state index contributed by atoms with van der Waals surface area (Å²) in [6.45, 7) is 4.53. The molecule has 0 fully saturated rings. The van der Waals surface area contributed by atoms with Crippen molar-refractivity contribution >= 4 is 30.1 Å². The maximum absolute atomic E-state index is 12.5. The van der Waals surface area contributed by atoms with Gasteiger partial charge in [0.2, 0.25) is 5.91 Å². The molecule has 2 unspecified atom stereocenters. The van der Waals surface area contributed by atoms with Crippen molar-refractivity contribution < 1.29 is 14.3 Å². The highest BCUT2D eigenvalue weighted by molar-refractivity contribution is 7.98. The zero-order valence-electron chi connectivity index (χ0n) is 15.3. The van der Waals surface area contributed by atoms with Crippen LogP contribution < -0.4 is 15.2 Å². The molecular weight excluding hydrogens is 348 g/mol. The molecule has 2 atom stereocenters. The summed E-state index contributed by atoms with van der Waals surface area (Å²) >= 11 is 1.61. The first kappa shape index (κ1) is 22.9. The van der Waals surface area contributed by atoms with E-state index < -0.39 is 6.04 Å². The van der Waals surface area contributed by atoms with Gasteiger partial charge in [-0.05, 0) is 29.9 Å². The van der Waals surface area contributed by atoms with Gasteiger partial charge in [-0.15, -0.1) is 24.2 Å². The van der Waals surface area contributed by atoms with E-state index in [9.17, 15) is 4.79 Å². The van der Waals surface area contributed by atoms with Crippen molar-refractivity contribution in [2.75, 3.05) is 27.5 Å². The highest BCUT2D eigenvalue weighted by Crippen LogP contribution is 2.35. The van der Waals surface area contributed by atoms with Gasteiger partial charge < -0.3 is 20.1 Å². The van der Waals surface area contributed by atoms with Crippen LogP contribution in [0.3, 0.4) is 0 Å². The number of carbonyl (C=O) groups is 1.